The molecule has 0 radical (unpaired) electrons. The van der Waals surface area contributed by atoms with Crippen LogP contribution in [0.1, 0.15) is 89.5 Å². The van der Waals surface area contributed by atoms with Crippen molar-refractivity contribution in [3.05, 3.63) is 136 Å². The molecule has 0 spiro atoms. The van der Waals surface area contributed by atoms with E-state index in [9.17, 15) is 0 Å². The third kappa shape index (κ3) is 3.64. The Bertz CT molecular complexity index is 1520. The van der Waals surface area contributed by atoms with Crippen LogP contribution < -0.4 is 0 Å². The zero-order valence-electron chi connectivity index (χ0n) is 26.2. The maximum absolute atomic E-state index is 4.86. The van der Waals surface area contributed by atoms with Gasteiger partial charge in [-0.25, -0.2) is 0 Å². The van der Waals surface area contributed by atoms with Gasteiger partial charge in [-0.15, -0.1) is 0 Å². The molecule has 5 rings (SSSR count). The van der Waals surface area contributed by atoms with Crippen LogP contribution in [0.25, 0.3) is 5.57 Å². The van der Waals surface area contributed by atoms with Crippen LogP contribution in [0.15, 0.2) is 114 Å². The quantitative estimate of drug-likeness (QED) is 0.339. The minimum absolute atomic E-state index is 0.0368. The second-order valence-electron chi connectivity index (χ2n) is 13.8. The SMILES string of the molecule is C=C(Cc1ccccc1)C[C@@H]1[C@]2(C)C(=C(C)[C@@]3(C)C(=C)C(C(=C)C)=C(C)C[C@@]13C)C(=C)c1c(C)cccc1[C@H]2C. The molecule has 2 aromatic rings. The van der Waals surface area contributed by atoms with E-state index in [0.717, 1.165) is 24.8 Å². The molecule has 40 heavy (non-hydrogen) atoms. The van der Waals surface area contributed by atoms with Crippen molar-refractivity contribution in [2.45, 2.75) is 80.6 Å². The fourth-order valence-electron chi connectivity index (χ4n) is 9.57. The maximum Gasteiger partial charge on any atom is 0.0197 e. The van der Waals surface area contributed by atoms with Gasteiger partial charge in [0.25, 0.3) is 0 Å². The molecule has 0 amide bonds. The number of aryl methyl sites for hydroxylation is 1. The molecule has 3 aliphatic rings. The predicted molar refractivity (Wildman–Crippen MR) is 174 cm³/mol. The van der Waals surface area contributed by atoms with Crippen LogP contribution in [0.3, 0.4) is 0 Å². The fraction of sp³-hybridized carbons (Fsp3) is 0.400. The molecule has 5 atom stereocenters. The zero-order chi connectivity index (χ0) is 29.4. The zero-order valence-corrected chi connectivity index (χ0v) is 26.2. The minimum atomic E-state index is -0.212. The Balaban J connectivity index is 1.79. The summed E-state index contributed by atoms with van der Waals surface area (Å²) in [6, 6.07) is 17.7. The Hall–Kier alpha value is -3.12. The van der Waals surface area contributed by atoms with Crippen molar-refractivity contribution in [1.82, 2.24) is 0 Å². The van der Waals surface area contributed by atoms with E-state index in [4.69, 9.17) is 19.7 Å². The summed E-state index contributed by atoms with van der Waals surface area (Å²) in [5.74, 6) is 0.715. The summed E-state index contributed by atoms with van der Waals surface area (Å²) in [5, 5.41) is 0. The summed E-state index contributed by atoms with van der Waals surface area (Å²) >= 11 is 0. The summed E-state index contributed by atoms with van der Waals surface area (Å²) in [4.78, 5) is 0. The van der Waals surface area contributed by atoms with Gasteiger partial charge in [0.05, 0.1) is 0 Å². The maximum atomic E-state index is 4.86. The number of benzene rings is 2. The molecule has 0 bridgehead atoms. The summed E-state index contributed by atoms with van der Waals surface area (Å²) in [5.41, 5.74) is 15.6. The molecule has 208 valence electrons. The lowest BCUT2D eigenvalue weighted by Gasteiger charge is -2.67. The summed E-state index contributed by atoms with van der Waals surface area (Å²) in [7, 11) is 0. The van der Waals surface area contributed by atoms with E-state index in [-0.39, 0.29) is 16.2 Å². The Morgan fingerprint density at radius 3 is 2.20 bits per heavy atom. The van der Waals surface area contributed by atoms with Gasteiger partial charge >= 0.3 is 0 Å². The number of rotatable bonds is 5. The first-order valence-corrected chi connectivity index (χ1v) is 15.0. The van der Waals surface area contributed by atoms with Gasteiger partial charge in [-0.2, -0.15) is 0 Å². The van der Waals surface area contributed by atoms with Crippen LogP contribution in [0, 0.1) is 29.1 Å². The van der Waals surface area contributed by atoms with Gasteiger partial charge in [-0.05, 0) is 109 Å². The molecule has 0 saturated carbocycles. The molecule has 0 aliphatic heterocycles. The van der Waals surface area contributed by atoms with E-state index >= 15 is 0 Å². The fourth-order valence-corrected chi connectivity index (χ4v) is 9.57. The van der Waals surface area contributed by atoms with Crippen LogP contribution in [0.2, 0.25) is 0 Å². The van der Waals surface area contributed by atoms with Gasteiger partial charge in [0.1, 0.15) is 0 Å². The van der Waals surface area contributed by atoms with Gasteiger partial charge in [-0.3, -0.25) is 0 Å². The average Bonchev–Trinajstić information content (AvgIpc) is 2.88. The predicted octanol–water partition coefficient (Wildman–Crippen LogP) is 11.1. The van der Waals surface area contributed by atoms with Crippen LogP contribution in [0.5, 0.6) is 0 Å². The molecule has 0 nitrogen and oxygen atoms in total. The highest BCUT2D eigenvalue weighted by atomic mass is 14.7. The standard InChI is InChI=1S/C40H48/c1-24(2)35-27(5)23-38(10)34(22-25(3)21-32-18-14-13-15-19-32)39(11)29(7)33-20-16-17-26(4)36(33)28(6)37(39)31(9)40(38,12)30(35)8/h13-20,29,34H,1,3,6,8,21-23H2,2,4-5,7,9-12H3/t29-,34+,38+,39-,40-/m1/s1. The van der Waals surface area contributed by atoms with Crippen LogP contribution >= 0.6 is 0 Å². The van der Waals surface area contributed by atoms with Crippen molar-refractivity contribution in [1.29, 1.82) is 0 Å². The lowest BCUT2D eigenvalue weighted by atomic mass is 9.36. The number of allylic oxidation sites excluding steroid dienone is 8. The van der Waals surface area contributed by atoms with Crippen molar-refractivity contribution >= 4 is 5.57 Å². The molecular weight excluding hydrogens is 480 g/mol. The minimum Gasteiger partial charge on any atom is -0.0995 e. The third-order valence-electron chi connectivity index (χ3n) is 11.8. The Morgan fingerprint density at radius 2 is 1.57 bits per heavy atom. The van der Waals surface area contributed by atoms with E-state index in [0.29, 0.717) is 11.8 Å². The summed E-state index contributed by atoms with van der Waals surface area (Å²) < 4.78 is 0. The Labute approximate surface area is 244 Å². The van der Waals surface area contributed by atoms with Gasteiger partial charge in [0, 0.05) is 10.8 Å². The van der Waals surface area contributed by atoms with Crippen molar-refractivity contribution in [2.75, 3.05) is 0 Å². The van der Waals surface area contributed by atoms with E-state index < -0.39 is 0 Å². The molecule has 0 heterocycles. The molecule has 2 aromatic carbocycles. The molecule has 0 saturated heterocycles. The summed E-state index contributed by atoms with van der Waals surface area (Å²) in [6.45, 7) is 38.0. The highest BCUT2D eigenvalue weighted by Crippen LogP contribution is 2.75. The highest BCUT2D eigenvalue weighted by molar-refractivity contribution is 5.87. The van der Waals surface area contributed by atoms with Crippen LogP contribution in [-0.4, -0.2) is 0 Å². The Morgan fingerprint density at radius 1 is 0.925 bits per heavy atom. The second-order valence-corrected chi connectivity index (χ2v) is 13.8. The molecule has 0 N–H and O–H groups in total. The molecule has 0 fully saturated rings. The third-order valence-corrected chi connectivity index (χ3v) is 11.8. The molecule has 3 aliphatic carbocycles. The number of hydrogen-bond acceptors (Lipinski definition) is 0. The highest BCUT2D eigenvalue weighted by Gasteiger charge is 2.66. The van der Waals surface area contributed by atoms with Crippen LogP contribution in [-0.2, 0) is 6.42 Å². The van der Waals surface area contributed by atoms with Gasteiger partial charge in [-0.1, -0.05) is 125 Å². The van der Waals surface area contributed by atoms with E-state index in [1.807, 2.05) is 0 Å². The van der Waals surface area contributed by atoms with Gasteiger partial charge in [0.2, 0.25) is 0 Å². The lowest BCUT2D eigenvalue weighted by molar-refractivity contribution is -0.0370. The first-order valence-electron chi connectivity index (χ1n) is 15.0. The van der Waals surface area contributed by atoms with E-state index in [1.165, 1.54) is 61.3 Å². The average molecular weight is 529 g/mol. The molecule has 0 heteroatoms. The van der Waals surface area contributed by atoms with Crippen molar-refractivity contribution in [3.8, 4) is 0 Å². The lowest BCUT2D eigenvalue weighted by Crippen LogP contribution is -2.59. The van der Waals surface area contributed by atoms with Gasteiger partial charge in [0.15, 0.2) is 0 Å². The van der Waals surface area contributed by atoms with E-state index in [2.05, 4.69) is 110 Å². The normalized spacial score (nSPS) is 31.5. The number of hydrogen-bond donors (Lipinski definition) is 0. The van der Waals surface area contributed by atoms with Crippen molar-refractivity contribution in [3.63, 3.8) is 0 Å². The van der Waals surface area contributed by atoms with E-state index in [1.54, 1.807) is 0 Å². The largest absolute Gasteiger partial charge is 0.0995 e. The first kappa shape index (κ1) is 28.4. The van der Waals surface area contributed by atoms with Gasteiger partial charge < -0.3 is 0 Å². The van der Waals surface area contributed by atoms with Crippen molar-refractivity contribution in [2.24, 2.45) is 22.2 Å². The van der Waals surface area contributed by atoms with Crippen LogP contribution in [0.4, 0.5) is 0 Å². The first-order chi connectivity index (χ1) is 18.7. The molecule has 0 unspecified atom stereocenters. The monoisotopic (exact) mass is 528 g/mol. The number of fused-ring (bicyclic) bond motifs is 3. The topological polar surface area (TPSA) is 0 Å². The molecular formula is C40H48. The smallest absolute Gasteiger partial charge is 0.0197 e. The van der Waals surface area contributed by atoms with Crippen molar-refractivity contribution < 1.29 is 0 Å². The summed E-state index contributed by atoms with van der Waals surface area (Å²) in [6.07, 6.45) is 2.93. The Kier molecular flexibility index (Phi) is 6.73. The second kappa shape index (κ2) is 9.47. The molecule has 0 aromatic heterocycles.